The Bertz CT molecular complexity index is 847. The summed E-state index contributed by atoms with van der Waals surface area (Å²) >= 11 is 5.93. The minimum absolute atomic E-state index is 0. The van der Waals surface area contributed by atoms with Gasteiger partial charge in [-0.1, -0.05) is 29.8 Å². The fraction of sp³-hybridized carbons (Fsp3) is 0.350. The molecule has 0 bridgehead atoms. The number of aromatic nitrogens is 1. The van der Waals surface area contributed by atoms with Gasteiger partial charge < -0.3 is 19.9 Å². The van der Waals surface area contributed by atoms with E-state index in [1.165, 1.54) is 0 Å². The molecular formula is C20H25ClIN5O2. The lowest BCUT2D eigenvalue weighted by molar-refractivity contribution is -0.135. The van der Waals surface area contributed by atoms with Gasteiger partial charge in [0.15, 0.2) is 5.96 Å². The van der Waals surface area contributed by atoms with Gasteiger partial charge in [-0.05, 0) is 23.8 Å². The summed E-state index contributed by atoms with van der Waals surface area (Å²) in [4.78, 5) is 25.0. The molecule has 0 unspecified atom stereocenters. The highest BCUT2D eigenvalue weighted by molar-refractivity contribution is 14.0. The fourth-order valence-corrected chi connectivity index (χ4v) is 3.24. The van der Waals surface area contributed by atoms with Crippen molar-refractivity contribution in [2.75, 3.05) is 33.8 Å². The molecule has 1 N–H and O–H groups in total. The van der Waals surface area contributed by atoms with Crippen LogP contribution in [0.15, 0.2) is 47.6 Å². The van der Waals surface area contributed by atoms with E-state index in [4.69, 9.17) is 16.3 Å². The van der Waals surface area contributed by atoms with E-state index >= 15 is 0 Å². The number of guanidine groups is 1. The van der Waals surface area contributed by atoms with Crippen molar-refractivity contribution in [2.45, 2.75) is 13.1 Å². The van der Waals surface area contributed by atoms with Crippen LogP contribution in [0.25, 0.3) is 0 Å². The molecule has 0 radical (unpaired) electrons. The third kappa shape index (κ3) is 6.20. The second kappa shape index (κ2) is 11.2. The number of methoxy groups -OCH3 is 1. The van der Waals surface area contributed by atoms with E-state index in [1.807, 2.05) is 46.2 Å². The van der Waals surface area contributed by atoms with Gasteiger partial charge in [0.05, 0.1) is 13.7 Å². The molecule has 2 aromatic rings. The third-order valence-corrected chi connectivity index (χ3v) is 4.85. The number of nitrogens with zero attached hydrogens (tertiary/aromatic N) is 4. The van der Waals surface area contributed by atoms with Crippen molar-refractivity contribution in [3.63, 3.8) is 0 Å². The predicted molar refractivity (Wildman–Crippen MR) is 125 cm³/mol. The molecule has 0 atom stereocenters. The topological polar surface area (TPSA) is 70.1 Å². The smallest absolute Gasteiger partial charge is 0.242 e. The van der Waals surface area contributed by atoms with Gasteiger partial charge in [-0.3, -0.25) is 9.79 Å². The second-order valence-electron chi connectivity index (χ2n) is 6.44. The van der Waals surface area contributed by atoms with E-state index in [-0.39, 0.29) is 36.4 Å². The number of aliphatic imine (C=N–C) groups is 1. The summed E-state index contributed by atoms with van der Waals surface area (Å²) < 4.78 is 5.28. The fourth-order valence-electron chi connectivity index (χ4n) is 3.12. The minimum atomic E-state index is 0. The molecule has 1 aromatic carbocycles. The van der Waals surface area contributed by atoms with Crippen LogP contribution in [0.1, 0.15) is 11.1 Å². The number of pyridine rings is 1. The highest BCUT2D eigenvalue weighted by Gasteiger charge is 2.26. The number of amides is 1. The summed E-state index contributed by atoms with van der Waals surface area (Å²) in [7, 11) is 3.31. The van der Waals surface area contributed by atoms with Gasteiger partial charge in [-0.2, -0.15) is 0 Å². The number of halogens is 2. The highest BCUT2D eigenvalue weighted by atomic mass is 127. The van der Waals surface area contributed by atoms with Crippen LogP contribution in [0.3, 0.4) is 0 Å². The molecule has 9 heteroatoms. The Balaban J connectivity index is 0.00000300. The number of carbonyl (C=O) groups excluding carboxylic acids is 1. The molecule has 29 heavy (non-hydrogen) atoms. The first-order valence-electron chi connectivity index (χ1n) is 9.06. The van der Waals surface area contributed by atoms with E-state index in [1.54, 1.807) is 20.4 Å². The van der Waals surface area contributed by atoms with E-state index < -0.39 is 0 Å². The first-order valence-corrected chi connectivity index (χ1v) is 9.44. The Morgan fingerprint density at radius 3 is 2.69 bits per heavy atom. The van der Waals surface area contributed by atoms with Crippen molar-refractivity contribution in [2.24, 2.45) is 4.99 Å². The van der Waals surface area contributed by atoms with Gasteiger partial charge in [-0.25, -0.2) is 4.98 Å². The van der Waals surface area contributed by atoms with Crippen molar-refractivity contribution in [3.05, 3.63) is 58.7 Å². The maximum Gasteiger partial charge on any atom is 0.242 e. The standard InChI is InChI=1S/C20H24ClN5O2.HI/c1-22-20(24-12-16-4-3-9-23-19(16)28-2)26-11-10-25(18(27)14-26)13-15-5-7-17(21)8-6-15;/h3-9H,10-14H2,1-2H3,(H,22,24);1H. The Morgan fingerprint density at radius 1 is 1.28 bits per heavy atom. The van der Waals surface area contributed by atoms with Gasteiger partial charge in [0.25, 0.3) is 0 Å². The molecule has 1 aliphatic rings. The maximum absolute atomic E-state index is 12.6. The first kappa shape index (κ1) is 23.2. The number of hydrogen-bond acceptors (Lipinski definition) is 4. The quantitative estimate of drug-likeness (QED) is 0.367. The van der Waals surface area contributed by atoms with Crippen molar-refractivity contribution in [1.82, 2.24) is 20.1 Å². The van der Waals surface area contributed by atoms with Crippen LogP contribution < -0.4 is 10.1 Å². The molecule has 0 aliphatic carbocycles. The number of piperazine rings is 1. The lowest BCUT2D eigenvalue weighted by Gasteiger charge is -2.36. The summed E-state index contributed by atoms with van der Waals surface area (Å²) in [5.41, 5.74) is 2.00. The average Bonchev–Trinajstić information content (AvgIpc) is 2.72. The Morgan fingerprint density at radius 2 is 2.03 bits per heavy atom. The molecule has 1 fully saturated rings. The number of nitrogens with one attached hydrogen (secondary N) is 1. The molecular weight excluding hydrogens is 505 g/mol. The first-order chi connectivity index (χ1) is 13.6. The van der Waals surface area contributed by atoms with Crippen molar-refractivity contribution >= 4 is 47.4 Å². The molecule has 1 aliphatic heterocycles. The lowest BCUT2D eigenvalue weighted by atomic mass is 10.2. The Kier molecular flexibility index (Phi) is 8.97. The summed E-state index contributed by atoms with van der Waals surface area (Å²) in [6.07, 6.45) is 1.69. The zero-order chi connectivity index (χ0) is 19.9. The number of rotatable bonds is 5. The summed E-state index contributed by atoms with van der Waals surface area (Å²) in [5.74, 6) is 1.34. The van der Waals surface area contributed by atoms with E-state index in [0.29, 0.717) is 43.0 Å². The minimum Gasteiger partial charge on any atom is -0.481 e. The summed E-state index contributed by atoms with van der Waals surface area (Å²) in [5, 5.41) is 3.99. The average molecular weight is 530 g/mol. The Labute approximate surface area is 193 Å². The number of ether oxygens (including phenoxy) is 1. The normalized spacial score (nSPS) is 14.4. The molecule has 1 aromatic heterocycles. The maximum atomic E-state index is 12.6. The molecule has 1 saturated heterocycles. The zero-order valence-corrected chi connectivity index (χ0v) is 19.6. The van der Waals surface area contributed by atoms with Gasteiger partial charge in [-0.15, -0.1) is 24.0 Å². The van der Waals surface area contributed by atoms with Crippen LogP contribution in [-0.4, -0.2) is 60.4 Å². The SMILES string of the molecule is CN=C(NCc1cccnc1OC)N1CCN(Cc2ccc(Cl)cc2)C(=O)C1.I. The molecule has 0 saturated carbocycles. The molecule has 7 nitrogen and oxygen atoms in total. The van der Waals surface area contributed by atoms with Crippen molar-refractivity contribution in [1.29, 1.82) is 0 Å². The molecule has 156 valence electrons. The van der Waals surface area contributed by atoms with E-state index in [9.17, 15) is 4.79 Å². The van der Waals surface area contributed by atoms with Crippen LogP contribution in [0.4, 0.5) is 0 Å². The predicted octanol–water partition coefficient (Wildman–Crippen LogP) is 2.78. The third-order valence-electron chi connectivity index (χ3n) is 4.60. The zero-order valence-electron chi connectivity index (χ0n) is 16.5. The molecule has 3 rings (SSSR count). The van der Waals surface area contributed by atoms with Crippen molar-refractivity contribution < 1.29 is 9.53 Å². The van der Waals surface area contributed by atoms with Crippen LogP contribution in [-0.2, 0) is 17.9 Å². The summed E-state index contributed by atoms with van der Waals surface area (Å²) in [6.45, 7) is 2.74. The van der Waals surface area contributed by atoms with Gasteiger partial charge in [0, 0.05) is 50.0 Å². The van der Waals surface area contributed by atoms with Gasteiger partial charge >= 0.3 is 0 Å². The van der Waals surface area contributed by atoms with Crippen LogP contribution in [0.5, 0.6) is 5.88 Å². The van der Waals surface area contributed by atoms with Crippen LogP contribution in [0, 0.1) is 0 Å². The molecule has 2 heterocycles. The summed E-state index contributed by atoms with van der Waals surface area (Å²) in [6, 6.07) is 11.4. The van der Waals surface area contributed by atoms with E-state index in [2.05, 4.69) is 15.3 Å². The number of carbonyl (C=O) groups is 1. The molecule has 1 amide bonds. The van der Waals surface area contributed by atoms with E-state index in [0.717, 1.165) is 11.1 Å². The highest BCUT2D eigenvalue weighted by Crippen LogP contribution is 2.15. The Hall–Kier alpha value is -2.07. The van der Waals surface area contributed by atoms with Crippen LogP contribution >= 0.6 is 35.6 Å². The monoisotopic (exact) mass is 529 g/mol. The van der Waals surface area contributed by atoms with Gasteiger partial charge in [0.2, 0.25) is 11.8 Å². The van der Waals surface area contributed by atoms with Crippen molar-refractivity contribution in [3.8, 4) is 5.88 Å². The number of benzene rings is 1. The molecule has 0 spiro atoms. The number of hydrogen-bond donors (Lipinski definition) is 1. The van der Waals surface area contributed by atoms with Crippen LogP contribution in [0.2, 0.25) is 5.02 Å². The largest absolute Gasteiger partial charge is 0.481 e. The van der Waals surface area contributed by atoms with Gasteiger partial charge in [0.1, 0.15) is 0 Å². The second-order valence-corrected chi connectivity index (χ2v) is 6.87. The lowest BCUT2D eigenvalue weighted by Crippen LogP contribution is -2.54.